The third-order valence-corrected chi connectivity index (χ3v) is 5.84. The second-order valence-corrected chi connectivity index (χ2v) is 8.19. The van der Waals surface area contributed by atoms with Crippen molar-refractivity contribution < 1.29 is 19.1 Å². The Morgan fingerprint density at radius 3 is 2.66 bits per heavy atom. The normalized spacial score (nSPS) is 17.9. The highest BCUT2D eigenvalue weighted by atomic mass is 32.1. The standard InChI is InChI=1S/C22H23N5O4S/c28-19-7-1-15(13-23-19)21(30)26-22-25-17(14-32-22)4-8-20(29)24-16-2-5-18(6-3-16)27-9-11-31-12-10-27/h1-3,5-7,13-15H,4,8-12H2,(H,24,29)(H,25,26,30). The molecule has 1 saturated heterocycles. The van der Waals surface area contributed by atoms with Gasteiger partial charge in [-0.3, -0.25) is 14.4 Å². The van der Waals surface area contributed by atoms with Crippen LogP contribution in [0.5, 0.6) is 0 Å². The van der Waals surface area contributed by atoms with E-state index in [0.29, 0.717) is 11.6 Å². The molecule has 1 atom stereocenters. The minimum Gasteiger partial charge on any atom is -0.378 e. The van der Waals surface area contributed by atoms with Gasteiger partial charge in [-0.15, -0.1) is 11.3 Å². The van der Waals surface area contributed by atoms with Crippen molar-refractivity contribution in [1.29, 1.82) is 0 Å². The Balaban J connectivity index is 1.22. The minimum absolute atomic E-state index is 0.101. The van der Waals surface area contributed by atoms with Gasteiger partial charge in [0.2, 0.25) is 11.8 Å². The zero-order chi connectivity index (χ0) is 22.3. The van der Waals surface area contributed by atoms with Crippen LogP contribution in [-0.4, -0.2) is 55.2 Å². The molecule has 2 N–H and O–H groups in total. The van der Waals surface area contributed by atoms with E-state index in [4.69, 9.17) is 4.74 Å². The summed E-state index contributed by atoms with van der Waals surface area (Å²) in [6, 6.07) is 7.79. The lowest BCUT2D eigenvalue weighted by Gasteiger charge is -2.28. The number of hydrogen-bond acceptors (Lipinski definition) is 7. The first-order chi connectivity index (χ1) is 15.6. The third kappa shape index (κ3) is 5.86. The van der Waals surface area contributed by atoms with Gasteiger partial charge in [0.1, 0.15) is 0 Å². The maximum atomic E-state index is 12.3. The number of thiazole rings is 1. The number of benzene rings is 1. The Morgan fingerprint density at radius 1 is 1.16 bits per heavy atom. The van der Waals surface area contributed by atoms with Crippen LogP contribution in [0.4, 0.5) is 16.5 Å². The van der Waals surface area contributed by atoms with E-state index in [1.807, 2.05) is 29.6 Å². The number of amides is 3. The van der Waals surface area contributed by atoms with Crippen LogP contribution in [-0.2, 0) is 25.5 Å². The van der Waals surface area contributed by atoms with Gasteiger partial charge < -0.3 is 20.3 Å². The number of aliphatic imine (C=N–C) groups is 1. The van der Waals surface area contributed by atoms with E-state index in [-0.39, 0.29) is 24.1 Å². The number of nitrogens with zero attached hydrogens (tertiary/aromatic N) is 3. The summed E-state index contributed by atoms with van der Waals surface area (Å²) in [6.45, 7) is 3.19. The Hall–Kier alpha value is -3.37. The number of nitrogens with one attached hydrogen (secondary N) is 2. The number of rotatable bonds is 7. The number of carbonyl (C=O) groups is 3. The average Bonchev–Trinajstić information content (AvgIpc) is 3.26. The Morgan fingerprint density at radius 2 is 1.94 bits per heavy atom. The molecule has 32 heavy (non-hydrogen) atoms. The predicted octanol–water partition coefficient (Wildman–Crippen LogP) is 2.27. The second-order valence-electron chi connectivity index (χ2n) is 7.33. The highest BCUT2D eigenvalue weighted by molar-refractivity contribution is 7.13. The van der Waals surface area contributed by atoms with Crippen molar-refractivity contribution in [2.45, 2.75) is 12.8 Å². The highest BCUT2D eigenvalue weighted by Crippen LogP contribution is 2.20. The second kappa shape index (κ2) is 10.3. The first-order valence-corrected chi connectivity index (χ1v) is 11.2. The first-order valence-electron chi connectivity index (χ1n) is 10.3. The van der Waals surface area contributed by atoms with E-state index in [9.17, 15) is 14.4 Å². The van der Waals surface area contributed by atoms with E-state index in [1.54, 1.807) is 0 Å². The molecular weight excluding hydrogens is 430 g/mol. The summed E-state index contributed by atoms with van der Waals surface area (Å²) in [5, 5.41) is 7.87. The van der Waals surface area contributed by atoms with Crippen molar-refractivity contribution >= 4 is 51.8 Å². The maximum absolute atomic E-state index is 12.3. The van der Waals surface area contributed by atoms with Crippen LogP contribution >= 0.6 is 11.3 Å². The summed E-state index contributed by atoms with van der Waals surface area (Å²) in [5.74, 6) is -1.38. The summed E-state index contributed by atoms with van der Waals surface area (Å²) in [7, 11) is 0. The molecule has 2 aliphatic heterocycles. The molecule has 10 heteroatoms. The van der Waals surface area contributed by atoms with Crippen molar-refractivity contribution in [2.24, 2.45) is 10.9 Å². The molecule has 1 aromatic heterocycles. The molecule has 9 nitrogen and oxygen atoms in total. The van der Waals surface area contributed by atoms with Crippen molar-refractivity contribution in [3.05, 3.63) is 47.5 Å². The van der Waals surface area contributed by atoms with Crippen LogP contribution in [0.25, 0.3) is 0 Å². The van der Waals surface area contributed by atoms with E-state index in [2.05, 4.69) is 25.5 Å². The summed E-state index contributed by atoms with van der Waals surface area (Å²) in [4.78, 5) is 45.8. The van der Waals surface area contributed by atoms with Crippen molar-refractivity contribution in [2.75, 3.05) is 41.8 Å². The largest absolute Gasteiger partial charge is 0.378 e. The lowest BCUT2D eigenvalue weighted by Crippen LogP contribution is -2.36. The Labute approximate surface area is 189 Å². The molecule has 2 aliphatic rings. The van der Waals surface area contributed by atoms with Crippen molar-refractivity contribution in [3.8, 4) is 0 Å². The summed E-state index contributed by atoms with van der Waals surface area (Å²) < 4.78 is 5.37. The quantitative estimate of drug-likeness (QED) is 0.665. The minimum atomic E-state index is -0.597. The number of ether oxygens (including phenoxy) is 1. The van der Waals surface area contributed by atoms with Gasteiger partial charge in [-0.2, -0.15) is 0 Å². The molecule has 3 heterocycles. The van der Waals surface area contributed by atoms with Gasteiger partial charge in [0, 0.05) is 48.6 Å². The number of dihydropyridines is 1. The molecule has 0 radical (unpaired) electrons. The number of aromatic nitrogens is 1. The van der Waals surface area contributed by atoms with E-state index < -0.39 is 5.92 Å². The predicted molar refractivity (Wildman–Crippen MR) is 123 cm³/mol. The monoisotopic (exact) mass is 453 g/mol. The van der Waals surface area contributed by atoms with E-state index in [0.717, 1.165) is 43.4 Å². The van der Waals surface area contributed by atoms with Crippen LogP contribution in [0, 0.1) is 5.92 Å². The molecule has 0 saturated carbocycles. The number of anilines is 3. The van der Waals surface area contributed by atoms with Gasteiger partial charge in [0.15, 0.2) is 5.13 Å². The molecule has 1 fully saturated rings. The van der Waals surface area contributed by atoms with Crippen LogP contribution in [0.2, 0.25) is 0 Å². The van der Waals surface area contributed by atoms with E-state index in [1.165, 1.54) is 29.7 Å². The molecule has 0 spiro atoms. The van der Waals surface area contributed by atoms with Gasteiger partial charge in [0.05, 0.1) is 24.8 Å². The van der Waals surface area contributed by atoms with Gasteiger partial charge in [-0.25, -0.2) is 9.98 Å². The maximum Gasteiger partial charge on any atom is 0.269 e. The van der Waals surface area contributed by atoms with Crippen LogP contribution < -0.4 is 15.5 Å². The Kier molecular flexibility index (Phi) is 7.03. The fourth-order valence-corrected chi connectivity index (χ4v) is 4.05. The van der Waals surface area contributed by atoms with Crippen LogP contribution in [0.1, 0.15) is 12.1 Å². The Bertz CT molecular complexity index is 1020. The van der Waals surface area contributed by atoms with Crippen LogP contribution in [0.15, 0.2) is 46.8 Å². The van der Waals surface area contributed by atoms with Gasteiger partial charge in [-0.1, -0.05) is 6.08 Å². The number of carbonyl (C=O) groups excluding carboxylic acids is 3. The number of hydrogen-bond donors (Lipinski definition) is 2. The highest BCUT2D eigenvalue weighted by Gasteiger charge is 2.18. The number of aryl methyl sites for hydroxylation is 1. The fraction of sp³-hybridized carbons (Fsp3) is 0.318. The summed E-state index contributed by atoms with van der Waals surface area (Å²) in [6.07, 6.45) is 4.82. The molecule has 4 rings (SSSR count). The van der Waals surface area contributed by atoms with Gasteiger partial charge in [-0.05, 0) is 30.7 Å². The topological polar surface area (TPSA) is 113 Å². The van der Waals surface area contributed by atoms with Crippen LogP contribution in [0.3, 0.4) is 0 Å². The third-order valence-electron chi connectivity index (χ3n) is 5.03. The molecule has 1 aromatic carbocycles. The molecule has 166 valence electrons. The number of morpholine rings is 1. The average molecular weight is 454 g/mol. The lowest BCUT2D eigenvalue weighted by molar-refractivity contribution is -0.117. The molecule has 3 amide bonds. The smallest absolute Gasteiger partial charge is 0.269 e. The molecule has 0 bridgehead atoms. The first kappa shape index (κ1) is 21.8. The molecule has 2 aromatic rings. The summed E-state index contributed by atoms with van der Waals surface area (Å²) in [5.41, 5.74) is 2.59. The fourth-order valence-electron chi connectivity index (χ4n) is 3.30. The van der Waals surface area contributed by atoms with Gasteiger partial charge in [0.25, 0.3) is 5.91 Å². The van der Waals surface area contributed by atoms with Gasteiger partial charge >= 0.3 is 0 Å². The summed E-state index contributed by atoms with van der Waals surface area (Å²) >= 11 is 1.29. The zero-order valence-electron chi connectivity index (χ0n) is 17.3. The molecule has 1 unspecified atom stereocenters. The van der Waals surface area contributed by atoms with E-state index >= 15 is 0 Å². The van der Waals surface area contributed by atoms with Crippen molar-refractivity contribution in [1.82, 2.24) is 4.98 Å². The molecule has 0 aliphatic carbocycles. The molecular formula is C22H23N5O4S. The van der Waals surface area contributed by atoms with Crippen molar-refractivity contribution in [3.63, 3.8) is 0 Å². The SMILES string of the molecule is O=C1C=CC(C(=O)Nc2nc(CCC(=O)Nc3ccc(N4CCOCC4)cc3)cs2)C=N1. The lowest BCUT2D eigenvalue weighted by atomic mass is 10.1. The zero-order valence-corrected chi connectivity index (χ0v) is 18.1.